The van der Waals surface area contributed by atoms with Crippen LogP contribution in [0.3, 0.4) is 0 Å². The maximum atomic E-state index is 12.4. The zero-order chi connectivity index (χ0) is 17.9. The minimum atomic E-state index is -0.729. The molecule has 0 radical (unpaired) electrons. The fraction of sp³-hybridized carbons (Fsp3) is 0.900. The van der Waals surface area contributed by atoms with Gasteiger partial charge in [-0.3, -0.25) is 9.59 Å². The van der Waals surface area contributed by atoms with Gasteiger partial charge in [-0.25, -0.2) is 0 Å². The predicted octanol–water partition coefficient (Wildman–Crippen LogP) is 5.20. The van der Waals surface area contributed by atoms with Crippen LogP contribution >= 0.6 is 0 Å². The van der Waals surface area contributed by atoms with Crippen LogP contribution in [0.2, 0.25) is 0 Å². The minimum Gasteiger partial charge on any atom is -0.481 e. The van der Waals surface area contributed by atoms with E-state index in [1.807, 2.05) is 0 Å². The first-order valence-electron chi connectivity index (χ1n) is 9.87. The Morgan fingerprint density at radius 3 is 2.08 bits per heavy atom. The van der Waals surface area contributed by atoms with Gasteiger partial charge in [-0.2, -0.15) is 0 Å². The zero-order valence-electron chi connectivity index (χ0n) is 15.8. The molecule has 0 spiro atoms. The summed E-state index contributed by atoms with van der Waals surface area (Å²) in [7, 11) is 0. The maximum absolute atomic E-state index is 12.4. The zero-order valence-corrected chi connectivity index (χ0v) is 15.8. The number of rotatable bonds is 11. The SMILES string of the molecule is CCCCCC(CCCC(C)C)OC(=O)C1CCC(C(=O)O)CC1. The number of carbonyl (C=O) groups excluding carboxylic acids is 1. The van der Waals surface area contributed by atoms with Gasteiger partial charge in [0.05, 0.1) is 11.8 Å². The summed E-state index contributed by atoms with van der Waals surface area (Å²) in [6, 6.07) is 0. The molecule has 0 saturated heterocycles. The Morgan fingerprint density at radius 1 is 0.958 bits per heavy atom. The Labute approximate surface area is 147 Å². The summed E-state index contributed by atoms with van der Waals surface area (Å²) in [5.74, 6) is -0.513. The summed E-state index contributed by atoms with van der Waals surface area (Å²) in [5.41, 5.74) is 0. The van der Waals surface area contributed by atoms with E-state index in [0.29, 0.717) is 31.6 Å². The average molecular weight is 341 g/mol. The van der Waals surface area contributed by atoms with Crippen LogP contribution in [0.15, 0.2) is 0 Å². The summed E-state index contributed by atoms with van der Waals surface area (Å²) in [5, 5.41) is 9.05. The number of carboxylic acids is 1. The van der Waals surface area contributed by atoms with Gasteiger partial charge < -0.3 is 9.84 Å². The lowest BCUT2D eigenvalue weighted by atomic mass is 9.82. The van der Waals surface area contributed by atoms with Crippen LogP contribution in [0.1, 0.15) is 91.4 Å². The molecule has 1 saturated carbocycles. The molecule has 1 atom stereocenters. The van der Waals surface area contributed by atoms with Crippen LogP contribution in [-0.2, 0) is 14.3 Å². The molecule has 140 valence electrons. The number of hydrogen-bond acceptors (Lipinski definition) is 3. The topological polar surface area (TPSA) is 63.6 Å². The van der Waals surface area contributed by atoms with Crippen molar-refractivity contribution in [3.63, 3.8) is 0 Å². The van der Waals surface area contributed by atoms with Crippen LogP contribution in [0.25, 0.3) is 0 Å². The monoisotopic (exact) mass is 340 g/mol. The molecule has 0 aromatic rings. The van der Waals surface area contributed by atoms with E-state index in [4.69, 9.17) is 9.84 Å². The summed E-state index contributed by atoms with van der Waals surface area (Å²) >= 11 is 0. The lowest BCUT2D eigenvalue weighted by molar-refractivity contribution is -0.158. The number of carboxylic acid groups (broad SMARTS) is 1. The van der Waals surface area contributed by atoms with Crippen molar-refractivity contribution in [3.8, 4) is 0 Å². The number of ether oxygens (including phenoxy) is 1. The van der Waals surface area contributed by atoms with Crippen molar-refractivity contribution in [3.05, 3.63) is 0 Å². The van der Waals surface area contributed by atoms with Crippen LogP contribution < -0.4 is 0 Å². The van der Waals surface area contributed by atoms with E-state index in [2.05, 4.69) is 20.8 Å². The maximum Gasteiger partial charge on any atom is 0.309 e. The average Bonchev–Trinajstić information content (AvgIpc) is 2.54. The molecular formula is C20H36O4. The fourth-order valence-corrected chi connectivity index (χ4v) is 3.47. The number of esters is 1. The highest BCUT2D eigenvalue weighted by molar-refractivity contribution is 5.74. The summed E-state index contributed by atoms with van der Waals surface area (Å²) in [6.07, 6.45) is 10.2. The highest BCUT2D eigenvalue weighted by atomic mass is 16.5. The standard InChI is InChI=1S/C20H36O4/c1-4-5-6-9-18(10-7-8-15(2)3)24-20(23)17-13-11-16(12-14-17)19(21)22/h15-18H,4-14H2,1-3H3,(H,21,22). The van der Waals surface area contributed by atoms with Crippen LogP contribution in [0.5, 0.6) is 0 Å². The van der Waals surface area contributed by atoms with Crippen LogP contribution in [-0.4, -0.2) is 23.1 Å². The first-order valence-corrected chi connectivity index (χ1v) is 9.87. The van der Waals surface area contributed by atoms with Crippen molar-refractivity contribution in [1.82, 2.24) is 0 Å². The molecule has 1 N–H and O–H groups in total. The molecule has 0 heterocycles. The quantitative estimate of drug-likeness (QED) is 0.415. The van der Waals surface area contributed by atoms with Crippen LogP contribution in [0.4, 0.5) is 0 Å². The smallest absolute Gasteiger partial charge is 0.309 e. The number of aliphatic carboxylic acids is 1. The van der Waals surface area contributed by atoms with Crippen molar-refractivity contribution in [2.75, 3.05) is 0 Å². The van der Waals surface area contributed by atoms with Gasteiger partial charge in [0.1, 0.15) is 6.10 Å². The number of hydrogen-bond donors (Lipinski definition) is 1. The third-order valence-corrected chi connectivity index (χ3v) is 5.13. The molecule has 0 bridgehead atoms. The van der Waals surface area contributed by atoms with Gasteiger partial charge in [-0.15, -0.1) is 0 Å². The van der Waals surface area contributed by atoms with Gasteiger partial charge in [0, 0.05) is 0 Å². The van der Waals surface area contributed by atoms with E-state index >= 15 is 0 Å². The Morgan fingerprint density at radius 2 is 1.54 bits per heavy atom. The first-order chi connectivity index (χ1) is 11.4. The van der Waals surface area contributed by atoms with E-state index < -0.39 is 5.97 Å². The van der Waals surface area contributed by atoms with Gasteiger partial charge in [0.15, 0.2) is 0 Å². The molecule has 1 aliphatic carbocycles. The molecule has 1 aliphatic rings. The molecule has 24 heavy (non-hydrogen) atoms. The van der Waals surface area contributed by atoms with Crippen molar-refractivity contribution in [1.29, 1.82) is 0 Å². The lowest BCUT2D eigenvalue weighted by Crippen LogP contribution is -2.29. The molecule has 0 aromatic carbocycles. The van der Waals surface area contributed by atoms with E-state index in [-0.39, 0.29) is 23.9 Å². The summed E-state index contributed by atoms with van der Waals surface area (Å²) in [4.78, 5) is 23.5. The molecule has 4 heteroatoms. The highest BCUT2D eigenvalue weighted by Gasteiger charge is 2.31. The molecule has 1 unspecified atom stereocenters. The number of carbonyl (C=O) groups is 2. The molecule has 1 fully saturated rings. The minimum absolute atomic E-state index is 0.0417. The molecular weight excluding hydrogens is 304 g/mol. The predicted molar refractivity (Wildman–Crippen MR) is 95.8 cm³/mol. The first kappa shape index (κ1) is 21.0. The van der Waals surface area contributed by atoms with Crippen molar-refractivity contribution in [2.24, 2.45) is 17.8 Å². The van der Waals surface area contributed by atoms with Crippen molar-refractivity contribution < 1.29 is 19.4 Å². The molecule has 4 nitrogen and oxygen atoms in total. The van der Waals surface area contributed by atoms with E-state index in [1.165, 1.54) is 19.3 Å². The highest BCUT2D eigenvalue weighted by Crippen LogP contribution is 2.30. The van der Waals surface area contributed by atoms with E-state index in [0.717, 1.165) is 25.7 Å². The Kier molecular flexibility index (Phi) is 10.0. The molecule has 0 amide bonds. The Balaban J connectivity index is 2.42. The molecule has 0 aliphatic heterocycles. The molecule has 1 rings (SSSR count). The third-order valence-electron chi connectivity index (χ3n) is 5.13. The van der Waals surface area contributed by atoms with Gasteiger partial charge in [-0.1, -0.05) is 40.0 Å². The normalized spacial score (nSPS) is 22.3. The fourth-order valence-electron chi connectivity index (χ4n) is 3.47. The largest absolute Gasteiger partial charge is 0.481 e. The van der Waals surface area contributed by atoms with E-state index in [9.17, 15) is 9.59 Å². The van der Waals surface area contributed by atoms with Gasteiger partial charge >= 0.3 is 11.9 Å². The summed E-state index contributed by atoms with van der Waals surface area (Å²) < 4.78 is 5.83. The van der Waals surface area contributed by atoms with Crippen LogP contribution in [0, 0.1) is 17.8 Å². The second-order valence-corrected chi connectivity index (χ2v) is 7.77. The summed E-state index contributed by atoms with van der Waals surface area (Å²) in [6.45, 7) is 6.62. The van der Waals surface area contributed by atoms with Gasteiger partial charge in [-0.05, 0) is 57.3 Å². The van der Waals surface area contributed by atoms with Crippen molar-refractivity contribution >= 4 is 11.9 Å². The second kappa shape index (κ2) is 11.5. The third kappa shape index (κ3) is 8.16. The van der Waals surface area contributed by atoms with Gasteiger partial charge in [0.2, 0.25) is 0 Å². The Bertz CT molecular complexity index is 370. The lowest BCUT2D eigenvalue weighted by Gasteiger charge is -2.27. The van der Waals surface area contributed by atoms with Crippen molar-refractivity contribution in [2.45, 2.75) is 97.5 Å². The van der Waals surface area contributed by atoms with E-state index in [1.54, 1.807) is 0 Å². The Hall–Kier alpha value is -1.06. The second-order valence-electron chi connectivity index (χ2n) is 7.77. The molecule has 0 aromatic heterocycles. The number of unbranched alkanes of at least 4 members (excludes halogenated alkanes) is 2. The van der Waals surface area contributed by atoms with Gasteiger partial charge in [0.25, 0.3) is 0 Å².